The second-order valence-corrected chi connectivity index (χ2v) is 5.80. The predicted molar refractivity (Wildman–Crippen MR) is 73.2 cm³/mol. The van der Waals surface area contributed by atoms with E-state index in [2.05, 4.69) is 32.7 Å². The summed E-state index contributed by atoms with van der Waals surface area (Å²) in [4.78, 5) is 2.28. The maximum Gasteiger partial charge on any atom is 0.119 e. The van der Waals surface area contributed by atoms with E-state index in [4.69, 9.17) is 10.5 Å². The lowest BCUT2D eigenvalue weighted by Crippen LogP contribution is -2.29. The molecule has 3 nitrogen and oxygen atoms in total. The van der Waals surface area contributed by atoms with E-state index in [9.17, 15) is 0 Å². The minimum absolute atomic E-state index is 0.294. The molecule has 0 aliphatic rings. The van der Waals surface area contributed by atoms with Crippen LogP contribution in [0, 0.1) is 5.41 Å². The number of anilines is 1. The molecule has 0 fully saturated rings. The van der Waals surface area contributed by atoms with Crippen molar-refractivity contribution in [3.05, 3.63) is 23.8 Å². The molecule has 1 rings (SSSR count). The van der Waals surface area contributed by atoms with Gasteiger partial charge in [0.05, 0.1) is 7.11 Å². The summed E-state index contributed by atoms with van der Waals surface area (Å²) >= 11 is 0. The van der Waals surface area contributed by atoms with Crippen molar-refractivity contribution in [2.75, 3.05) is 26.4 Å². The number of nitrogen functional groups attached to an aromatic ring is 1. The minimum atomic E-state index is 0.294. The number of rotatable bonds is 4. The quantitative estimate of drug-likeness (QED) is 0.817. The molecule has 0 heterocycles. The minimum Gasteiger partial charge on any atom is -0.497 e. The number of benzene rings is 1. The molecule has 0 radical (unpaired) electrons. The number of ether oxygens (including phenoxy) is 1. The molecular weight excluding hydrogens is 212 g/mol. The van der Waals surface area contributed by atoms with Crippen molar-refractivity contribution in [2.24, 2.45) is 5.41 Å². The summed E-state index contributed by atoms with van der Waals surface area (Å²) in [5, 5.41) is 0. The molecule has 17 heavy (non-hydrogen) atoms. The van der Waals surface area contributed by atoms with Crippen LogP contribution in [0.4, 0.5) is 5.69 Å². The number of methoxy groups -OCH3 is 1. The first kappa shape index (κ1) is 13.8. The van der Waals surface area contributed by atoms with Gasteiger partial charge in [-0.3, -0.25) is 0 Å². The van der Waals surface area contributed by atoms with Crippen LogP contribution in [-0.4, -0.2) is 25.6 Å². The Hall–Kier alpha value is -1.22. The molecule has 0 atom stereocenters. The van der Waals surface area contributed by atoms with Crippen molar-refractivity contribution in [3.63, 3.8) is 0 Å². The number of hydrogen-bond acceptors (Lipinski definition) is 3. The van der Waals surface area contributed by atoms with Gasteiger partial charge in [-0.05, 0) is 36.2 Å². The van der Waals surface area contributed by atoms with E-state index in [0.717, 1.165) is 30.1 Å². The first-order valence-corrected chi connectivity index (χ1v) is 5.93. The highest BCUT2D eigenvalue weighted by Crippen LogP contribution is 2.22. The fourth-order valence-corrected chi connectivity index (χ4v) is 2.00. The summed E-state index contributed by atoms with van der Waals surface area (Å²) in [5.74, 6) is 0.860. The van der Waals surface area contributed by atoms with Crippen LogP contribution in [-0.2, 0) is 6.54 Å². The fourth-order valence-electron chi connectivity index (χ4n) is 2.00. The lowest BCUT2D eigenvalue weighted by molar-refractivity contribution is 0.221. The molecule has 0 aliphatic heterocycles. The van der Waals surface area contributed by atoms with E-state index in [1.54, 1.807) is 7.11 Å². The lowest BCUT2D eigenvalue weighted by atomic mass is 9.96. The highest BCUT2D eigenvalue weighted by molar-refractivity contribution is 5.50. The van der Waals surface area contributed by atoms with E-state index in [0.29, 0.717) is 5.41 Å². The van der Waals surface area contributed by atoms with E-state index in [1.807, 2.05) is 18.2 Å². The normalized spacial score (nSPS) is 11.9. The van der Waals surface area contributed by atoms with Crippen LogP contribution in [0.25, 0.3) is 0 Å². The molecule has 0 aliphatic carbocycles. The largest absolute Gasteiger partial charge is 0.497 e. The summed E-state index contributed by atoms with van der Waals surface area (Å²) in [6, 6.07) is 5.80. The van der Waals surface area contributed by atoms with Crippen LogP contribution in [0.5, 0.6) is 5.75 Å². The highest BCUT2D eigenvalue weighted by atomic mass is 16.5. The molecular formula is C14H24N2O. The summed E-state index contributed by atoms with van der Waals surface area (Å²) < 4.78 is 5.22. The zero-order valence-electron chi connectivity index (χ0n) is 11.6. The summed E-state index contributed by atoms with van der Waals surface area (Å²) in [7, 11) is 3.79. The summed E-state index contributed by atoms with van der Waals surface area (Å²) in [6.45, 7) is 8.58. The Morgan fingerprint density at radius 1 is 1.29 bits per heavy atom. The van der Waals surface area contributed by atoms with Gasteiger partial charge in [-0.2, -0.15) is 0 Å². The molecule has 2 N–H and O–H groups in total. The molecule has 0 spiro atoms. The van der Waals surface area contributed by atoms with Crippen LogP contribution in [0.2, 0.25) is 0 Å². The van der Waals surface area contributed by atoms with Gasteiger partial charge >= 0.3 is 0 Å². The van der Waals surface area contributed by atoms with Crippen LogP contribution < -0.4 is 10.5 Å². The fraction of sp³-hybridized carbons (Fsp3) is 0.571. The lowest BCUT2D eigenvalue weighted by Gasteiger charge is -2.27. The Morgan fingerprint density at radius 2 is 1.94 bits per heavy atom. The average Bonchev–Trinajstić information content (AvgIpc) is 2.18. The molecule has 0 bridgehead atoms. The number of hydrogen-bond donors (Lipinski definition) is 1. The van der Waals surface area contributed by atoms with Gasteiger partial charge < -0.3 is 15.4 Å². The maximum absolute atomic E-state index is 5.97. The van der Waals surface area contributed by atoms with Gasteiger partial charge in [0.1, 0.15) is 5.75 Å². The number of nitrogens with two attached hydrogens (primary N) is 1. The molecule has 3 heteroatoms. The van der Waals surface area contributed by atoms with E-state index in [-0.39, 0.29) is 0 Å². The molecule has 1 aromatic carbocycles. The van der Waals surface area contributed by atoms with Gasteiger partial charge in [-0.25, -0.2) is 0 Å². The second kappa shape index (κ2) is 5.41. The van der Waals surface area contributed by atoms with Crippen molar-refractivity contribution in [3.8, 4) is 5.75 Å². The maximum atomic E-state index is 5.97. The molecule has 1 aromatic rings. The molecule has 0 amide bonds. The van der Waals surface area contributed by atoms with Crippen LogP contribution in [0.1, 0.15) is 26.3 Å². The molecule has 0 aromatic heterocycles. The zero-order chi connectivity index (χ0) is 13.1. The topological polar surface area (TPSA) is 38.5 Å². The molecule has 0 unspecified atom stereocenters. The van der Waals surface area contributed by atoms with E-state index in [1.165, 1.54) is 0 Å². The SMILES string of the molecule is COc1ccc(N)c(CN(C)CC(C)(C)C)c1. The second-order valence-electron chi connectivity index (χ2n) is 5.80. The van der Waals surface area contributed by atoms with E-state index < -0.39 is 0 Å². The Morgan fingerprint density at radius 3 is 2.47 bits per heavy atom. The summed E-state index contributed by atoms with van der Waals surface area (Å²) in [5.41, 5.74) is 8.21. The van der Waals surface area contributed by atoms with Gasteiger partial charge in [-0.15, -0.1) is 0 Å². The standard InChI is InChI=1S/C14H24N2O/c1-14(2,3)10-16(4)9-11-8-12(17-5)6-7-13(11)15/h6-8H,9-10,15H2,1-5H3. The summed E-state index contributed by atoms with van der Waals surface area (Å²) in [6.07, 6.45) is 0. The Kier molecular flexibility index (Phi) is 4.40. The number of nitrogens with zero attached hydrogens (tertiary/aromatic N) is 1. The van der Waals surface area contributed by atoms with Gasteiger partial charge in [0.25, 0.3) is 0 Å². The predicted octanol–water partition coefficient (Wildman–Crippen LogP) is 2.76. The van der Waals surface area contributed by atoms with Gasteiger partial charge in [0.2, 0.25) is 0 Å². The Bertz CT molecular complexity index is 369. The monoisotopic (exact) mass is 236 g/mol. The van der Waals surface area contributed by atoms with Crippen molar-refractivity contribution >= 4 is 5.69 Å². The van der Waals surface area contributed by atoms with Crippen molar-refractivity contribution in [1.82, 2.24) is 4.90 Å². The van der Waals surface area contributed by atoms with Crippen molar-refractivity contribution in [1.29, 1.82) is 0 Å². The first-order chi connectivity index (χ1) is 7.81. The highest BCUT2D eigenvalue weighted by Gasteiger charge is 2.14. The Balaban J connectivity index is 2.73. The van der Waals surface area contributed by atoms with Gasteiger partial charge in [0, 0.05) is 18.8 Å². The zero-order valence-corrected chi connectivity index (χ0v) is 11.6. The van der Waals surface area contributed by atoms with Gasteiger partial charge in [0.15, 0.2) is 0 Å². The molecule has 96 valence electrons. The third-order valence-corrected chi connectivity index (χ3v) is 2.53. The third-order valence-electron chi connectivity index (χ3n) is 2.53. The third kappa shape index (κ3) is 4.65. The first-order valence-electron chi connectivity index (χ1n) is 5.93. The van der Waals surface area contributed by atoms with Crippen LogP contribution >= 0.6 is 0 Å². The molecule has 0 saturated heterocycles. The van der Waals surface area contributed by atoms with Gasteiger partial charge in [-0.1, -0.05) is 20.8 Å². The molecule has 0 saturated carbocycles. The van der Waals surface area contributed by atoms with Crippen molar-refractivity contribution in [2.45, 2.75) is 27.3 Å². The Labute approximate surface area is 105 Å². The van der Waals surface area contributed by atoms with Crippen LogP contribution in [0.15, 0.2) is 18.2 Å². The average molecular weight is 236 g/mol. The van der Waals surface area contributed by atoms with E-state index >= 15 is 0 Å². The van der Waals surface area contributed by atoms with Crippen molar-refractivity contribution < 1.29 is 4.74 Å². The smallest absolute Gasteiger partial charge is 0.119 e. The van der Waals surface area contributed by atoms with Crippen LogP contribution in [0.3, 0.4) is 0 Å².